The quantitative estimate of drug-likeness (QED) is 0.0199. The molecule has 6 nitrogen and oxygen atoms in total. The van der Waals surface area contributed by atoms with Crippen molar-refractivity contribution in [3.05, 3.63) is 109 Å². The van der Waals surface area contributed by atoms with Gasteiger partial charge in [-0.25, -0.2) is 0 Å². The predicted octanol–water partition coefficient (Wildman–Crippen LogP) is 17.5. The van der Waals surface area contributed by atoms with Gasteiger partial charge < -0.3 is 14.2 Å². The van der Waals surface area contributed by atoms with Crippen LogP contribution in [0.2, 0.25) is 0 Å². The number of rotatable bonds is 46. The third-order valence-electron chi connectivity index (χ3n) is 10.9. The molecule has 1 unspecified atom stereocenters. The van der Waals surface area contributed by atoms with Crippen molar-refractivity contribution in [3.8, 4) is 0 Å². The van der Waals surface area contributed by atoms with Gasteiger partial charge in [0.15, 0.2) is 6.10 Å². The number of hydrogen-bond donors (Lipinski definition) is 0. The molecular formula is C59H96O6. The summed E-state index contributed by atoms with van der Waals surface area (Å²) in [5, 5.41) is 0. The van der Waals surface area contributed by atoms with Gasteiger partial charge in [0.05, 0.1) is 0 Å². The molecular weight excluding hydrogens is 805 g/mol. The van der Waals surface area contributed by atoms with E-state index in [1.54, 1.807) is 0 Å². The topological polar surface area (TPSA) is 78.9 Å². The van der Waals surface area contributed by atoms with E-state index in [0.29, 0.717) is 19.3 Å². The highest BCUT2D eigenvalue weighted by Gasteiger charge is 2.19. The van der Waals surface area contributed by atoms with Gasteiger partial charge in [0.25, 0.3) is 0 Å². The summed E-state index contributed by atoms with van der Waals surface area (Å²) < 4.78 is 16.8. The van der Waals surface area contributed by atoms with Gasteiger partial charge in [-0.05, 0) is 89.9 Å². The highest BCUT2D eigenvalue weighted by Crippen LogP contribution is 2.14. The minimum Gasteiger partial charge on any atom is -0.462 e. The van der Waals surface area contributed by atoms with Crippen molar-refractivity contribution in [1.82, 2.24) is 0 Å². The van der Waals surface area contributed by atoms with Gasteiger partial charge in [0, 0.05) is 19.3 Å². The van der Waals surface area contributed by atoms with E-state index in [1.807, 2.05) is 60.8 Å². The minimum absolute atomic E-state index is 0.102. The summed E-state index contributed by atoms with van der Waals surface area (Å²) in [6.45, 7) is 6.33. The lowest BCUT2D eigenvalue weighted by molar-refractivity contribution is -0.167. The Labute approximate surface area is 400 Å². The molecule has 1 atom stereocenters. The summed E-state index contributed by atoms with van der Waals surface area (Å²) in [4.78, 5) is 38.0. The van der Waals surface area contributed by atoms with E-state index < -0.39 is 6.10 Å². The number of hydrogen-bond acceptors (Lipinski definition) is 6. The summed E-state index contributed by atoms with van der Waals surface area (Å²) in [5.74, 6) is -0.966. The van der Waals surface area contributed by atoms with Crippen LogP contribution in [0.1, 0.15) is 226 Å². The molecule has 0 radical (unpaired) electrons. The Morgan fingerprint density at radius 1 is 0.338 bits per heavy atom. The Balaban J connectivity index is 4.51. The van der Waals surface area contributed by atoms with Crippen LogP contribution in [0.25, 0.3) is 0 Å². The Morgan fingerprint density at radius 2 is 0.677 bits per heavy atom. The minimum atomic E-state index is -0.806. The Morgan fingerprint density at radius 3 is 1.14 bits per heavy atom. The fourth-order valence-corrected chi connectivity index (χ4v) is 6.98. The maximum absolute atomic E-state index is 12.8. The largest absolute Gasteiger partial charge is 0.462 e. The van der Waals surface area contributed by atoms with E-state index in [2.05, 4.69) is 69.4 Å². The molecule has 0 amide bonds. The molecule has 0 aliphatic rings. The second-order valence-electron chi connectivity index (χ2n) is 17.2. The van der Waals surface area contributed by atoms with Crippen molar-refractivity contribution in [2.75, 3.05) is 13.2 Å². The first-order valence-electron chi connectivity index (χ1n) is 26.5. The Bertz CT molecular complexity index is 1360. The van der Waals surface area contributed by atoms with Gasteiger partial charge in [-0.2, -0.15) is 0 Å². The van der Waals surface area contributed by atoms with Crippen LogP contribution in [0, 0.1) is 0 Å². The summed E-state index contributed by atoms with van der Waals surface area (Å²) in [5.41, 5.74) is 0. The second-order valence-corrected chi connectivity index (χ2v) is 17.2. The Kier molecular flexibility index (Phi) is 49.5. The summed E-state index contributed by atoms with van der Waals surface area (Å²) in [7, 11) is 0. The van der Waals surface area contributed by atoms with Crippen LogP contribution < -0.4 is 0 Å². The van der Waals surface area contributed by atoms with Gasteiger partial charge in [-0.15, -0.1) is 0 Å². The second kappa shape index (κ2) is 52.7. The number of unbranched alkanes of at least 4 members (excludes halogenated alkanes) is 22. The number of carbonyl (C=O) groups excluding carboxylic acids is 3. The lowest BCUT2D eigenvalue weighted by atomic mass is 10.1. The highest BCUT2D eigenvalue weighted by atomic mass is 16.6. The van der Waals surface area contributed by atoms with E-state index in [4.69, 9.17) is 14.2 Å². The third-order valence-corrected chi connectivity index (χ3v) is 10.9. The van der Waals surface area contributed by atoms with Crippen LogP contribution in [-0.2, 0) is 28.6 Å². The molecule has 0 fully saturated rings. The molecule has 0 saturated heterocycles. The fourth-order valence-electron chi connectivity index (χ4n) is 6.98. The van der Waals surface area contributed by atoms with Crippen molar-refractivity contribution in [1.29, 1.82) is 0 Å². The van der Waals surface area contributed by atoms with Gasteiger partial charge in [0.2, 0.25) is 0 Å². The highest BCUT2D eigenvalue weighted by molar-refractivity contribution is 5.71. The third kappa shape index (κ3) is 50.9. The number of carbonyl (C=O) groups is 3. The molecule has 0 aromatic carbocycles. The van der Waals surface area contributed by atoms with Crippen molar-refractivity contribution in [2.45, 2.75) is 232 Å². The normalized spacial score (nSPS) is 13.0. The van der Waals surface area contributed by atoms with Gasteiger partial charge in [-0.3, -0.25) is 14.4 Å². The zero-order valence-electron chi connectivity index (χ0n) is 42.0. The maximum atomic E-state index is 12.8. The SMILES string of the molecule is CC\C=C/C=C\C=C/C=C\C=C\C=C/CCCCCC(=O)OCC(COC(=O)CCCCCCCCC/C=C\C/C=C\CC)OC(=O)CCCCCCC/C=C\CCCCCCCCC. The van der Waals surface area contributed by atoms with Crippen LogP contribution >= 0.6 is 0 Å². The lowest BCUT2D eigenvalue weighted by Crippen LogP contribution is -2.30. The molecule has 0 heterocycles. The van der Waals surface area contributed by atoms with E-state index in [-0.39, 0.29) is 31.1 Å². The van der Waals surface area contributed by atoms with Crippen LogP contribution in [0.5, 0.6) is 0 Å². The number of ether oxygens (including phenoxy) is 3. The monoisotopic (exact) mass is 901 g/mol. The zero-order chi connectivity index (χ0) is 47.2. The van der Waals surface area contributed by atoms with Gasteiger partial charge in [0.1, 0.15) is 13.2 Å². The lowest BCUT2D eigenvalue weighted by Gasteiger charge is -2.18. The van der Waals surface area contributed by atoms with E-state index in [1.165, 1.54) is 83.5 Å². The zero-order valence-corrected chi connectivity index (χ0v) is 42.0. The summed E-state index contributed by atoms with van der Waals surface area (Å²) in [6, 6.07) is 0. The van der Waals surface area contributed by atoms with Crippen molar-refractivity contribution in [2.24, 2.45) is 0 Å². The van der Waals surface area contributed by atoms with Crippen LogP contribution in [0.15, 0.2) is 109 Å². The van der Waals surface area contributed by atoms with Gasteiger partial charge >= 0.3 is 17.9 Å². The summed E-state index contributed by atoms with van der Waals surface area (Å²) in [6.07, 6.45) is 70.7. The van der Waals surface area contributed by atoms with Crippen LogP contribution in [-0.4, -0.2) is 37.2 Å². The predicted molar refractivity (Wildman–Crippen MR) is 279 cm³/mol. The van der Waals surface area contributed by atoms with E-state index in [9.17, 15) is 14.4 Å². The van der Waals surface area contributed by atoms with Crippen LogP contribution in [0.4, 0.5) is 0 Å². The average molecular weight is 901 g/mol. The van der Waals surface area contributed by atoms with E-state index >= 15 is 0 Å². The summed E-state index contributed by atoms with van der Waals surface area (Å²) >= 11 is 0. The molecule has 0 bridgehead atoms. The molecule has 368 valence electrons. The molecule has 0 aliphatic carbocycles. The number of esters is 3. The van der Waals surface area contributed by atoms with Crippen LogP contribution in [0.3, 0.4) is 0 Å². The van der Waals surface area contributed by atoms with Crippen molar-refractivity contribution < 1.29 is 28.6 Å². The molecule has 6 heteroatoms. The molecule has 0 rings (SSSR count). The molecule has 0 aromatic heterocycles. The molecule has 0 aliphatic heterocycles. The smallest absolute Gasteiger partial charge is 0.306 e. The standard InChI is InChI=1S/C59H96O6/c1-4-7-10-13-16-19-22-25-28-30-32-34-37-40-43-46-49-52-58(61)64-55-56(54-63-57(60)51-48-45-42-39-36-33-27-24-21-18-15-12-9-6-3)65-59(62)53-50-47-44-41-38-35-31-29-26-23-20-17-14-11-8-5-2/h7,9-10,12-13,16,18-19,21-22,25,28-32,34,37,56H,4-6,8,11,14-15,17,20,23-24,26-27,33,35-36,38-55H2,1-3H3/b10-7-,12-9-,16-13-,21-18-,22-19-,28-25-,31-29-,32-30+,37-34-. The maximum Gasteiger partial charge on any atom is 0.306 e. The first-order chi connectivity index (χ1) is 32.0. The molecule has 0 aromatic rings. The molecule has 0 saturated carbocycles. The average Bonchev–Trinajstić information content (AvgIpc) is 3.30. The van der Waals surface area contributed by atoms with E-state index in [0.717, 1.165) is 103 Å². The first kappa shape index (κ1) is 61.1. The first-order valence-corrected chi connectivity index (χ1v) is 26.5. The van der Waals surface area contributed by atoms with Crippen molar-refractivity contribution in [3.63, 3.8) is 0 Å². The van der Waals surface area contributed by atoms with Crippen molar-refractivity contribution >= 4 is 17.9 Å². The molecule has 0 N–H and O–H groups in total. The fraction of sp³-hybridized carbons (Fsp3) is 0.644. The van der Waals surface area contributed by atoms with Gasteiger partial charge in [-0.1, -0.05) is 226 Å². The molecule has 0 spiro atoms. The number of allylic oxidation sites excluding steroid dienone is 18. The molecule has 65 heavy (non-hydrogen) atoms. The Hall–Kier alpha value is -3.93.